The average Bonchev–Trinajstić information content (AvgIpc) is 3.20. The number of allylic oxidation sites excluding steroid dienone is 2. The second kappa shape index (κ2) is 21.5. The summed E-state index contributed by atoms with van der Waals surface area (Å²) in [5.41, 5.74) is 2.41. The monoisotopic (exact) mass is 828 g/mol. The van der Waals surface area contributed by atoms with E-state index in [1.54, 1.807) is 0 Å². The fourth-order valence-corrected chi connectivity index (χ4v) is 11.9. The molecule has 0 N–H and O–H groups in total. The molecule has 0 fully saturated rings. The molecule has 0 saturated carbocycles. The molecule has 0 radical (unpaired) electrons. The van der Waals surface area contributed by atoms with Crippen LogP contribution < -0.4 is 31.8 Å². The van der Waals surface area contributed by atoms with Crippen LogP contribution in [0.25, 0.3) is 5.57 Å². The van der Waals surface area contributed by atoms with Gasteiger partial charge in [-0.3, -0.25) is 0 Å². The molecule has 7 rings (SSSR count). The van der Waals surface area contributed by atoms with Crippen LogP contribution in [0.15, 0.2) is 218 Å². The molecule has 0 atom stereocenters. The Kier molecular flexibility index (Phi) is 16.2. The van der Waals surface area contributed by atoms with Gasteiger partial charge in [0.05, 0.1) is 15.8 Å². The topological polar surface area (TPSA) is 0 Å². The SMILES string of the molecule is C/C(=C/[CH]=[Ru]([Cl])[Cl])c1ccccc1.c1ccc([PH+](c2ccccc2)c2ccccc2)cc1.c1ccc([PH+](c2ccccc2)c2ccccc2)cc1. The molecule has 0 aromatic heterocycles. The van der Waals surface area contributed by atoms with Crippen LogP contribution >= 0.6 is 35.2 Å². The number of hydrogen-bond acceptors (Lipinski definition) is 0. The third-order valence-electron chi connectivity index (χ3n) is 8.00. The molecule has 0 aliphatic heterocycles. The van der Waals surface area contributed by atoms with Crippen LogP contribution in [0.2, 0.25) is 0 Å². The van der Waals surface area contributed by atoms with E-state index in [1.165, 1.54) is 43.0 Å². The molecule has 0 aliphatic rings. The summed E-state index contributed by atoms with van der Waals surface area (Å²) in [7, 11) is 9.68. The maximum Gasteiger partial charge on any atom is 0.102 e. The van der Waals surface area contributed by atoms with Crippen molar-refractivity contribution < 1.29 is 13.5 Å². The predicted molar refractivity (Wildman–Crippen MR) is 231 cm³/mol. The van der Waals surface area contributed by atoms with Gasteiger partial charge in [-0.05, 0) is 72.8 Å². The summed E-state index contributed by atoms with van der Waals surface area (Å²) in [4.78, 5) is 0. The van der Waals surface area contributed by atoms with Crippen molar-refractivity contribution >= 4 is 77.2 Å². The first-order chi connectivity index (χ1) is 25.1. The van der Waals surface area contributed by atoms with Crippen LogP contribution in [0.5, 0.6) is 0 Å². The van der Waals surface area contributed by atoms with Crippen molar-refractivity contribution in [2.24, 2.45) is 0 Å². The first-order valence-electron chi connectivity index (χ1n) is 16.7. The van der Waals surface area contributed by atoms with Crippen molar-refractivity contribution in [3.8, 4) is 0 Å². The van der Waals surface area contributed by atoms with E-state index in [9.17, 15) is 0 Å². The first kappa shape index (κ1) is 38.4. The third kappa shape index (κ3) is 12.4. The minimum Gasteiger partial charge on any atom is -0.0620 e. The molecule has 5 heteroatoms. The Morgan fingerprint density at radius 1 is 0.373 bits per heavy atom. The molecule has 0 amide bonds. The van der Waals surface area contributed by atoms with Gasteiger partial charge in [0, 0.05) is 0 Å². The summed E-state index contributed by atoms with van der Waals surface area (Å²) in [6.45, 7) is 2.05. The van der Waals surface area contributed by atoms with Gasteiger partial charge in [-0.1, -0.05) is 109 Å². The summed E-state index contributed by atoms with van der Waals surface area (Å²) in [6, 6.07) is 75.2. The van der Waals surface area contributed by atoms with Crippen molar-refractivity contribution in [2.75, 3.05) is 0 Å². The molecule has 0 saturated heterocycles. The van der Waals surface area contributed by atoms with Crippen molar-refractivity contribution in [3.05, 3.63) is 224 Å². The molecule has 0 unspecified atom stereocenters. The van der Waals surface area contributed by atoms with Crippen LogP contribution in [0.3, 0.4) is 0 Å². The van der Waals surface area contributed by atoms with E-state index < -0.39 is 29.4 Å². The zero-order valence-corrected chi connectivity index (χ0v) is 33.7. The fraction of sp³-hybridized carbons (Fsp3) is 0.0217. The summed E-state index contributed by atoms with van der Waals surface area (Å²) in [5.74, 6) is 0. The zero-order valence-electron chi connectivity index (χ0n) is 28.5. The quantitative estimate of drug-likeness (QED) is 0.106. The molecular weight excluding hydrogens is 786 g/mol. The largest absolute Gasteiger partial charge is 0.102 e. The summed E-state index contributed by atoms with van der Waals surface area (Å²) in [5, 5.41) is 8.61. The van der Waals surface area contributed by atoms with Gasteiger partial charge >= 0.3 is 92.0 Å². The Morgan fingerprint density at radius 2 is 0.588 bits per heavy atom. The van der Waals surface area contributed by atoms with Gasteiger partial charge < -0.3 is 0 Å². The third-order valence-corrected chi connectivity index (χ3v) is 15.2. The second-order valence-corrected chi connectivity index (χ2v) is 22.3. The van der Waals surface area contributed by atoms with Crippen LogP contribution in [0.4, 0.5) is 0 Å². The van der Waals surface area contributed by atoms with E-state index >= 15 is 0 Å². The Hall–Kier alpha value is -3.79. The molecule has 256 valence electrons. The fourth-order valence-electron chi connectivity index (χ4n) is 5.56. The number of halogens is 2. The summed E-state index contributed by atoms with van der Waals surface area (Å²) in [6.07, 6.45) is 1.99. The Bertz CT molecular complexity index is 1730. The zero-order chi connectivity index (χ0) is 35.5. The van der Waals surface area contributed by atoms with E-state index in [0.717, 1.165) is 0 Å². The Balaban J connectivity index is 0.000000152. The van der Waals surface area contributed by atoms with Crippen molar-refractivity contribution in [1.29, 1.82) is 0 Å². The summed E-state index contributed by atoms with van der Waals surface area (Å²) >= 11 is -1.64. The average molecular weight is 829 g/mol. The molecule has 0 heterocycles. The van der Waals surface area contributed by atoms with E-state index in [-0.39, 0.29) is 0 Å². The first-order valence-corrected chi connectivity index (χ1v) is 25.2. The van der Waals surface area contributed by atoms with Gasteiger partial charge in [-0.25, -0.2) is 0 Å². The van der Waals surface area contributed by atoms with Crippen LogP contribution in [-0.4, -0.2) is 4.61 Å². The summed E-state index contributed by atoms with van der Waals surface area (Å²) < 4.78 is 1.90. The minimum absolute atomic E-state index is 0.877. The van der Waals surface area contributed by atoms with Crippen molar-refractivity contribution in [3.63, 3.8) is 0 Å². The van der Waals surface area contributed by atoms with Gasteiger partial charge in [0.15, 0.2) is 0 Å². The van der Waals surface area contributed by atoms with Crippen LogP contribution in [0, 0.1) is 0 Å². The Morgan fingerprint density at radius 3 is 0.804 bits per heavy atom. The van der Waals surface area contributed by atoms with Gasteiger partial charge in [-0.2, -0.15) is 0 Å². The van der Waals surface area contributed by atoms with Crippen LogP contribution in [0.1, 0.15) is 12.5 Å². The van der Waals surface area contributed by atoms with Gasteiger partial charge in [0.2, 0.25) is 0 Å². The molecule has 0 nitrogen and oxygen atoms in total. The van der Waals surface area contributed by atoms with Gasteiger partial charge in [0.25, 0.3) is 0 Å². The molecule has 0 bridgehead atoms. The standard InChI is InChI=1S/2C18H15P.C10H10.2ClH.Ru/c2*1-4-10-16(11-5-1)19(17-12-6-2-7-13-17)18-14-8-3-9-15-18;1-3-9(2)10-7-5-4-6-8-10;;;/h2*1-15H;1,3-8H,2H3;2*1H;/q;;;;;+2/b;;9-3-;;;. The second-order valence-electron chi connectivity index (χ2n) is 11.5. The maximum absolute atomic E-state index is 5.72. The van der Waals surface area contributed by atoms with Crippen molar-refractivity contribution in [1.82, 2.24) is 0 Å². The Labute approximate surface area is 319 Å². The normalized spacial score (nSPS) is 11.1. The molecule has 0 spiro atoms. The molecule has 51 heavy (non-hydrogen) atoms. The molecule has 0 aliphatic carbocycles. The van der Waals surface area contributed by atoms with Crippen molar-refractivity contribution in [2.45, 2.75) is 6.92 Å². The molecule has 7 aromatic rings. The predicted octanol–water partition coefficient (Wildman–Crippen LogP) is 10.2. The van der Waals surface area contributed by atoms with Crippen LogP contribution in [-0.2, 0) is 13.5 Å². The minimum atomic E-state index is -1.64. The van der Waals surface area contributed by atoms with E-state index in [0.29, 0.717) is 0 Å². The molecular formula is C46H42Cl2P2Ru+2. The van der Waals surface area contributed by atoms with E-state index in [4.69, 9.17) is 19.4 Å². The number of rotatable bonds is 8. The van der Waals surface area contributed by atoms with E-state index in [1.807, 2.05) is 28.9 Å². The molecule has 7 aromatic carbocycles. The number of hydrogen-bond donors (Lipinski definition) is 0. The van der Waals surface area contributed by atoms with E-state index in [2.05, 4.69) is 201 Å². The van der Waals surface area contributed by atoms with Gasteiger partial charge in [-0.15, -0.1) is 0 Å². The van der Waals surface area contributed by atoms with Gasteiger partial charge in [0.1, 0.15) is 31.8 Å². The smallest absolute Gasteiger partial charge is 0.0620 e. The maximum atomic E-state index is 5.72. The number of benzene rings is 7.